The van der Waals surface area contributed by atoms with Crippen LogP contribution in [0.3, 0.4) is 0 Å². The Morgan fingerprint density at radius 1 is 1.13 bits per heavy atom. The Balaban J connectivity index is 1.64. The zero-order valence-electron chi connectivity index (χ0n) is 16.9. The van der Waals surface area contributed by atoms with Crippen molar-refractivity contribution in [3.05, 3.63) is 80.1 Å². The maximum absolute atomic E-state index is 13.2. The number of carbonyl (C=O) groups is 1. The van der Waals surface area contributed by atoms with Crippen molar-refractivity contribution in [1.82, 2.24) is 9.55 Å². The number of amides is 1. The molecule has 0 atom stereocenters. The van der Waals surface area contributed by atoms with Crippen molar-refractivity contribution in [1.29, 1.82) is 0 Å². The molecule has 8 heteroatoms. The maximum atomic E-state index is 13.2. The molecule has 2 aromatic heterocycles. The molecule has 2 heterocycles. The van der Waals surface area contributed by atoms with Gasteiger partial charge in [-0.3, -0.25) is 14.2 Å². The molecular formula is C23H19Cl2N3O2S. The second-order valence-corrected chi connectivity index (χ2v) is 9.22. The average Bonchev–Trinajstić information content (AvgIpc) is 3.14. The predicted molar refractivity (Wildman–Crippen MR) is 128 cm³/mol. The van der Waals surface area contributed by atoms with Crippen LogP contribution in [0.1, 0.15) is 25.3 Å². The van der Waals surface area contributed by atoms with Crippen LogP contribution in [0.2, 0.25) is 10.0 Å². The number of carbonyl (C=O) groups excluding carboxylic acids is 1. The van der Waals surface area contributed by atoms with Gasteiger partial charge >= 0.3 is 0 Å². The first-order chi connectivity index (χ1) is 14.8. The second-order valence-electron chi connectivity index (χ2n) is 7.49. The molecule has 0 aliphatic carbocycles. The van der Waals surface area contributed by atoms with E-state index in [2.05, 4.69) is 36.3 Å². The van der Waals surface area contributed by atoms with Crippen LogP contribution >= 0.6 is 34.5 Å². The van der Waals surface area contributed by atoms with Gasteiger partial charge in [0.2, 0.25) is 5.91 Å². The Labute approximate surface area is 193 Å². The molecule has 0 fully saturated rings. The van der Waals surface area contributed by atoms with Crippen molar-refractivity contribution in [3.8, 4) is 11.1 Å². The number of thiophene rings is 1. The molecule has 0 saturated carbocycles. The van der Waals surface area contributed by atoms with E-state index in [1.807, 2.05) is 17.5 Å². The fourth-order valence-electron chi connectivity index (χ4n) is 3.32. The number of hydrogen-bond donors (Lipinski definition) is 1. The monoisotopic (exact) mass is 471 g/mol. The number of hydrogen-bond acceptors (Lipinski definition) is 4. The first-order valence-electron chi connectivity index (χ1n) is 9.64. The van der Waals surface area contributed by atoms with Crippen molar-refractivity contribution in [2.24, 2.45) is 0 Å². The van der Waals surface area contributed by atoms with Gasteiger partial charge < -0.3 is 5.32 Å². The molecule has 4 aromatic rings. The van der Waals surface area contributed by atoms with Crippen LogP contribution in [0.5, 0.6) is 0 Å². The molecule has 2 aromatic carbocycles. The number of rotatable bonds is 5. The summed E-state index contributed by atoms with van der Waals surface area (Å²) in [5, 5.41) is 5.98. The zero-order chi connectivity index (χ0) is 22.1. The van der Waals surface area contributed by atoms with Crippen LogP contribution < -0.4 is 10.9 Å². The Kier molecular flexibility index (Phi) is 6.14. The van der Waals surface area contributed by atoms with Crippen molar-refractivity contribution >= 4 is 56.3 Å². The van der Waals surface area contributed by atoms with E-state index in [1.165, 1.54) is 27.8 Å². The van der Waals surface area contributed by atoms with Crippen molar-refractivity contribution in [3.63, 3.8) is 0 Å². The van der Waals surface area contributed by atoms with Crippen LogP contribution in [-0.4, -0.2) is 15.5 Å². The fraction of sp³-hybridized carbons (Fsp3) is 0.174. The van der Waals surface area contributed by atoms with E-state index in [0.29, 0.717) is 31.9 Å². The normalized spacial score (nSPS) is 11.3. The Hall–Kier alpha value is -2.67. The summed E-state index contributed by atoms with van der Waals surface area (Å²) in [4.78, 5) is 30.7. The number of fused-ring (bicyclic) bond motifs is 1. The Morgan fingerprint density at radius 2 is 1.81 bits per heavy atom. The highest BCUT2D eigenvalue weighted by Gasteiger charge is 2.15. The summed E-state index contributed by atoms with van der Waals surface area (Å²) in [6.45, 7) is 4.10. The molecular weight excluding hydrogens is 453 g/mol. The molecule has 0 radical (unpaired) electrons. The second kappa shape index (κ2) is 8.83. The van der Waals surface area contributed by atoms with Gasteiger partial charge in [0, 0.05) is 26.7 Å². The summed E-state index contributed by atoms with van der Waals surface area (Å²) in [5.41, 5.74) is 3.21. The lowest BCUT2D eigenvalue weighted by molar-refractivity contribution is -0.116. The lowest BCUT2D eigenvalue weighted by atomic mass is 9.99. The molecule has 0 saturated heterocycles. The molecule has 1 N–H and O–H groups in total. The van der Waals surface area contributed by atoms with E-state index in [9.17, 15) is 9.59 Å². The van der Waals surface area contributed by atoms with Crippen molar-refractivity contribution in [2.45, 2.75) is 26.3 Å². The van der Waals surface area contributed by atoms with E-state index in [0.717, 1.165) is 11.1 Å². The molecule has 0 aliphatic heterocycles. The quantitative estimate of drug-likeness (QED) is 0.377. The lowest BCUT2D eigenvalue weighted by Crippen LogP contribution is -2.27. The van der Waals surface area contributed by atoms with Gasteiger partial charge in [-0.25, -0.2) is 4.98 Å². The molecule has 0 bridgehead atoms. The Morgan fingerprint density at radius 3 is 2.45 bits per heavy atom. The summed E-state index contributed by atoms with van der Waals surface area (Å²) in [6, 6.07) is 12.9. The topological polar surface area (TPSA) is 64.0 Å². The summed E-state index contributed by atoms with van der Waals surface area (Å²) < 4.78 is 1.31. The summed E-state index contributed by atoms with van der Waals surface area (Å²) in [7, 11) is 0. The van der Waals surface area contributed by atoms with Gasteiger partial charge in [0.15, 0.2) is 0 Å². The fourth-order valence-corrected chi connectivity index (χ4v) is 4.75. The molecule has 1 amide bonds. The predicted octanol–water partition coefficient (Wildman–Crippen LogP) is 6.19. The highest BCUT2D eigenvalue weighted by molar-refractivity contribution is 7.17. The van der Waals surface area contributed by atoms with Gasteiger partial charge in [-0.05, 0) is 35.2 Å². The molecule has 4 rings (SSSR count). The number of benzene rings is 2. The summed E-state index contributed by atoms with van der Waals surface area (Å²) in [5.74, 6) is 0.0553. The van der Waals surface area contributed by atoms with E-state index in [1.54, 1.807) is 18.2 Å². The third kappa shape index (κ3) is 4.66. The molecule has 31 heavy (non-hydrogen) atoms. The van der Waals surface area contributed by atoms with Gasteiger partial charge in [-0.2, -0.15) is 0 Å². The molecule has 5 nitrogen and oxygen atoms in total. The minimum absolute atomic E-state index is 0.173. The van der Waals surface area contributed by atoms with E-state index in [-0.39, 0.29) is 18.0 Å². The van der Waals surface area contributed by atoms with Crippen molar-refractivity contribution < 1.29 is 4.79 Å². The SMILES string of the molecule is CC(C)c1ccc(-c2csc3ncn(CC(=O)Nc4cc(Cl)cc(Cl)c4)c(=O)c23)cc1. The minimum Gasteiger partial charge on any atom is -0.324 e. The highest BCUT2D eigenvalue weighted by Crippen LogP contribution is 2.31. The van der Waals surface area contributed by atoms with Crippen LogP contribution in [-0.2, 0) is 11.3 Å². The van der Waals surface area contributed by atoms with Crippen LogP contribution in [0.15, 0.2) is 59.0 Å². The molecule has 158 valence electrons. The third-order valence-corrected chi connectivity index (χ3v) is 6.23. The van der Waals surface area contributed by atoms with Gasteiger partial charge in [0.1, 0.15) is 11.4 Å². The van der Waals surface area contributed by atoms with Gasteiger partial charge in [0.05, 0.1) is 11.7 Å². The first kappa shape index (κ1) is 21.6. The number of halogens is 2. The minimum atomic E-state index is -0.375. The van der Waals surface area contributed by atoms with E-state index >= 15 is 0 Å². The van der Waals surface area contributed by atoms with E-state index < -0.39 is 0 Å². The number of nitrogens with one attached hydrogen (secondary N) is 1. The number of anilines is 1. The number of aromatic nitrogens is 2. The zero-order valence-corrected chi connectivity index (χ0v) is 19.2. The van der Waals surface area contributed by atoms with Gasteiger partial charge in [0.25, 0.3) is 5.56 Å². The third-order valence-electron chi connectivity index (χ3n) is 4.91. The smallest absolute Gasteiger partial charge is 0.263 e. The lowest BCUT2D eigenvalue weighted by Gasteiger charge is -2.09. The van der Waals surface area contributed by atoms with Crippen LogP contribution in [0.25, 0.3) is 21.3 Å². The molecule has 0 unspecified atom stereocenters. The van der Waals surface area contributed by atoms with Crippen molar-refractivity contribution in [2.75, 3.05) is 5.32 Å². The Bertz CT molecular complexity index is 1310. The average molecular weight is 472 g/mol. The standard InChI is InChI=1S/C23H19Cl2N3O2S/c1-13(2)14-3-5-15(6-4-14)19-11-31-22-21(19)23(30)28(12-26-22)10-20(29)27-18-8-16(24)7-17(25)9-18/h3-9,11-13H,10H2,1-2H3,(H,27,29). The van der Waals surface area contributed by atoms with Crippen LogP contribution in [0.4, 0.5) is 5.69 Å². The highest BCUT2D eigenvalue weighted by atomic mass is 35.5. The summed E-state index contributed by atoms with van der Waals surface area (Å²) in [6.07, 6.45) is 1.40. The summed E-state index contributed by atoms with van der Waals surface area (Å²) >= 11 is 13.4. The van der Waals surface area contributed by atoms with Gasteiger partial charge in [-0.15, -0.1) is 11.3 Å². The molecule has 0 aliphatic rings. The molecule has 0 spiro atoms. The van der Waals surface area contributed by atoms with Gasteiger partial charge in [-0.1, -0.05) is 61.3 Å². The largest absolute Gasteiger partial charge is 0.324 e. The number of nitrogens with zero attached hydrogens (tertiary/aromatic N) is 2. The maximum Gasteiger partial charge on any atom is 0.263 e. The van der Waals surface area contributed by atoms with E-state index in [4.69, 9.17) is 23.2 Å². The van der Waals surface area contributed by atoms with Crippen LogP contribution in [0, 0.1) is 0 Å². The first-order valence-corrected chi connectivity index (χ1v) is 11.3.